The average Bonchev–Trinajstić information content (AvgIpc) is 2.32. The summed E-state index contributed by atoms with van der Waals surface area (Å²) in [6.07, 6.45) is -5.88. The first-order valence-electron chi connectivity index (χ1n) is 6.66. The minimum atomic E-state index is -4.18. The number of halogens is 3. The Kier molecular flexibility index (Phi) is 8.65. The fourth-order valence-electron chi connectivity index (χ4n) is 1.34. The van der Waals surface area contributed by atoms with Crippen LogP contribution in [-0.2, 0) is 14.3 Å². The van der Waals surface area contributed by atoms with Crippen LogP contribution in [0.4, 0.5) is 18.0 Å². The number of methoxy groups -OCH3 is 1. The smallest absolute Gasteiger partial charge is 0.408 e. The quantitative estimate of drug-likeness (QED) is 0.567. The molecule has 130 valence electrons. The molecular weight excluding hydrogens is 323 g/mol. The van der Waals surface area contributed by atoms with Crippen LogP contribution in [0.2, 0.25) is 0 Å². The van der Waals surface area contributed by atoms with E-state index in [1.54, 1.807) is 20.8 Å². The molecule has 0 unspecified atom stereocenters. The number of carbonyl (C=O) groups excluding carboxylic acids is 2. The minimum absolute atomic E-state index is 0.0471. The van der Waals surface area contributed by atoms with E-state index < -0.39 is 36.3 Å². The second kappa shape index (κ2) is 9.12. The number of alkyl carbamates (subject to hydrolysis) is 1. The average molecular weight is 345 g/mol. The van der Waals surface area contributed by atoms with Gasteiger partial charge >= 0.3 is 18.2 Å². The lowest BCUT2D eigenvalue weighted by Gasteiger charge is -2.22. The van der Waals surface area contributed by atoms with E-state index in [1.165, 1.54) is 7.11 Å². The van der Waals surface area contributed by atoms with Crippen LogP contribution in [0.3, 0.4) is 0 Å². The van der Waals surface area contributed by atoms with Crippen LogP contribution >= 0.6 is 11.8 Å². The maximum absolute atomic E-state index is 12.0. The van der Waals surface area contributed by atoms with Crippen LogP contribution < -0.4 is 5.32 Å². The molecule has 22 heavy (non-hydrogen) atoms. The number of esters is 1. The molecule has 0 aliphatic carbocycles. The van der Waals surface area contributed by atoms with Gasteiger partial charge in [-0.2, -0.15) is 24.9 Å². The minimum Gasteiger partial charge on any atom is -0.467 e. The summed E-state index contributed by atoms with van der Waals surface area (Å²) in [6.45, 7) is 5.02. The summed E-state index contributed by atoms with van der Waals surface area (Å²) in [7, 11) is 1.17. The van der Waals surface area contributed by atoms with Gasteiger partial charge in [0.2, 0.25) is 0 Å². The maximum Gasteiger partial charge on any atom is 0.408 e. The molecule has 9 heteroatoms. The first-order chi connectivity index (χ1) is 9.94. The van der Waals surface area contributed by atoms with E-state index >= 15 is 0 Å². The molecular formula is C13H22F3NO4S. The predicted octanol–water partition coefficient (Wildman–Crippen LogP) is 3.13. The van der Waals surface area contributed by atoms with Gasteiger partial charge in [-0.1, -0.05) is 0 Å². The number of alkyl halides is 3. The van der Waals surface area contributed by atoms with Crippen LogP contribution in [0.1, 0.15) is 33.6 Å². The predicted molar refractivity (Wildman–Crippen MR) is 77.8 cm³/mol. The van der Waals surface area contributed by atoms with E-state index in [0.29, 0.717) is 0 Å². The second-order valence-corrected chi connectivity index (χ2v) is 6.67. The molecule has 0 bridgehead atoms. The molecule has 1 amide bonds. The number of rotatable bonds is 7. The van der Waals surface area contributed by atoms with Crippen molar-refractivity contribution in [1.29, 1.82) is 0 Å². The van der Waals surface area contributed by atoms with Crippen molar-refractivity contribution in [1.82, 2.24) is 5.32 Å². The number of hydrogen-bond acceptors (Lipinski definition) is 5. The summed E-state index contributed by atoms with van der Waals surface area (Å²) in [4.78, 5) is 23.2. The lowest BCUT2D eigenvalue weighted by atomic mass is 10.2. The molecule has 1 N–H and O–H groups in total. The normalized spacial score (nSPS) is 13.4. The molecule has 0 aromatic rings. The Bertz CT molecular complexity index is 369. The van der Waals surface area contributed by atoms with Gasteiger partial charge in [0.1, 0.15) is 11.6 Å². The standard InChI is InChI=1S/C13H22F3NO4S/c1-12(2,3)21-11(19)17-9(10(18)20-4)8-22-7-5-6-13(14,15)16/h9H,5-8H2,1-4H3,(H,17,19)/t9-/m0/s1. The van der Waals surface area contributed by atoms with Gasteiger partial charge in [0, 0.05) is 12.2 Å². The molecule has 0 radical (unpaired) electrons. The molecule has 0 heterocycles. The highest BCUT2D eigenvalue weighted by Crippen LogP contribution is 2.22. The molecule has 0 saturated carbocycles. The fraction of sp³-hybridized carbons (Fsp3) is 0.846. The monoisotopic (exact) mass is 345 g/mol. The van der Waals surface area contributed by atoms with Crippen molar-refractivity contribution in [2.45, 2.75) is 51.4 Å². The Morgan fingerprint density at radius 3 is 2.27 bits per heavy atom. The van der Waals surface area contributed by atoms with Crippen LogP contribution in [-0.4, -0.2) is 48.5 Å². The van der Waals surface area contributed by atoms with Crippen molar-refractivity contribution in [2.75, 3.05) is 18.6 Å². The zero-order valence-corrected chi connectivity index (χ0v) is 13.9. The third-order valence-electron chi connectivity index (χ3n) is 2.21. The third kappa shape index (κ3) is 11.5. The van der Waals surface area contributed by atoms with E-state index in [0.717, 1.165) is 11.8 Å². The number of hydrogen-bond donors (Lipinski definition) is 1. The third-order valence-corrected chi connectivity index (χ3v) is 3.36. The van der Waals surface area contributed by atoms with E-state index in [2.05, 4.69) is 10.1 Å². The second-order valence-electron chi connectivity index (χ2n) is 5.52. The molecule has 0 fully saturated rings. The van der Waals surface area contributed by atoms with Crippen LogP contribution in [0, 0.1) is 0 Å². The largest absolute Gasteiger partial charge is 0.467 e. The number of ether oxygens (including phenoxy) is 2. The van der Waals surface area contributed by atoms with Crippen molar-refractivity contribution >= 4 is 23.8 Å². The fourth-order valence-corrected chi connectivity index (χ4v) is 2.31. The van der Waals surface area contributed by atoms with Crippen LogP contribution in [0.5, 0.6) is 0 Å². The molecule has 0 aromatic carbocycles. The Labute approximate surface area is 132 Å². The van der Waals surface area contributed by atoms with Crippen molar-refractivity contribution in [2.24, 2.45) is 0 Å². The molecule has 0 aromatic heterocycles. The van der Waals surface area contributed by atoms with Crippen molar-refractivity contribution in [3.05, 3.63) is 0 Å². The lowest BCUT2D eigenvalue weighted by molar-refractivity contribution is -0.142. The SMILES string of the molecule is COC(=O)[C@H](CSCCCC(F)(F)F)NC(=O)OC(C)(C)C. The van der Waals surface area contributed by atoms with Gasteiger partial charge in [0.25, 0.3) is 0 Å². The van der Waals surface area contributed by atoms with Gasteiger partial charge in [-0.3, -0.25) is 0 Å². The molecule has 0 spiro atoms. The van der Waals surface area contributed by atoms with Gasteiger partial charge in [0.05, 0.1) is 7.11 Å². The Morgan fingerprint density at radius 1 is 1.23 bits per heavy atom. The van der Waals surface area contributed by atoms with E-state index in [4.69, 9.17) is 4.74 Å². The highest BCUT2D eigenvalue weighted by atomic mass is 32.2. The van der Waals surface area contributed by atoms with Gasteiger partial charge in [-0.15, -0.1) is 0 Å². The number of nitrogens with one attached hydrogen (secondary N) is 1. The molecule has 5 nitrogen and oxygen atoms in total. The first-order valence-corrected chi connectivity index (χ1v) is 7.82. The molecule has 0 rings (SSSR count). The summed E-state index contributed by atoms with van der Waals surface area (Å²) in [5.41, 5.74) is -0.718. The van der Waals surface area contributed by atoms with Gasteiger partial charge < -0.3 is 14.8 Å². The van der Waals surface area contributed by atoms with Crippen molar-refractivity contribution in [3.63, 3.8) is 0 Å². The van der Waals surface area contributed by atoms with Crippen LogP contribution in [0.25, 0.3) is 0 Å². The maximum atomic E-state index is 12.0. The number of carbonyl (C=O) groups is 2. The van der Waals surface area contributed by atoms with Crippen molar-refractivity contribution < 1.29 is 32.2 Å². The zero-order chi connectivity index (χ0) is 17.4. The number of thioether (sulfide) groups is 1. The van der Waals surface area contributed by atoms with Gasteiger partial charge in [0.15, 0.2) is 0 Å². The van der Waals surface area contributed by atoms with Gasteiger partial charge in [-0.05, 0) is 32.9 Å². The molecule has 0 aliphatic heterocycles. The summed E-state index contributed by atoms with van der Waals surface area (Å²) in [6, 6.07) is -0.962. The summed E-state index contributed by atoms with van der Waals surface area (Å²) < 4.78 is 45.6. The Balaban J connectivity index is 4.25. The Hall–Kier alpha value is -1.12. The van der Waals surface area contributed by atoms with Gasteiger partial charge in [-0.25, -0.2) is 9.59 Å². The van der Waals surface area contributed by atoms with Crippen LogP contribution in [0.15, 0.2) is 0 Å². The van der Waals surface area contributed by atoms with Crippen molar-refractivity contribution in [3.8, 4) is 0 Å². The van der Waals surface area contributed by atoms with E-state index in [-0.39, 0.29) is 17.9 Å². The topological polar surface area (TPSA) is 64.6 Å². The lowest BCUT2D eigenvalue weighted by Crippen LogP contribution is -2.45. The summed E-state index contributed by atoms with van der Waals surface area (Å²) in [5.74, 6) is -0.332. The Morgan fingerprint density at radius 2 is 1.82 bits per heavy atom. The van der Waals surface area contributed by atoms with E-state index in [1.807, 2.05) is 0 Å². The highest BCUT2D eigenvalue weighted by molar-refractivity contribution is 7.99. The first kappa shape index (κ1) is 20.9. The summed E-state index contributed by atoms with van der Waals surface area (Å²) in [5, 5.41) is 2.35. The van der Waals surface area contributed by atoms with E-state index in [9.17, 15) is 22.8 Å². The zero-order valence-electron chi connectivity index (χ0n) is 13.1. The molecule has 0 saturated heterocycles. The number of amides is 1. The summed E-state index contributed by atoms with van der Waals surface area (Å²) >= 11 is 1.13. The molecule has 1 atom stereocenters. The highest BCUT2D eigenvalue weighted by Gasteiger charge is 2.27. The molecule has 0 aliphatic rings.